The molecule has 1 aliphatic heterocycles. The van der Waals surface area contributed by atoms with E-state index in [4.69, 9.17) is 19.1 Å². The molecule has 0 radical (unpaired) electrons. The number of hydrogen-bond acceptors (Lipinski definition) is 2. The van der Waals surface area contributed by atoms with Gasteiger partial charge in [-0.1, -0.05) is 101 Å². The molecule has 0 amide bonds. The largest absolute Gasteiger partial charge is 0.633 e. The van der Waals surface area contributed by atoms with Crippen LogP contribution in [0.15, 0.2) is 96.9 Å². The van der Waals surface area contributed by atoms with Crippen LogP contribution < -0.4 is 9.30 Å². The van der Waals surface area contributed by atoms with E-state index in [0.29, 0.717) is 17.1 Å². The molecule has 0 atom stereocenters. The number of pyridine rings is 1. The summed E-state index contributed by atoms with van der Waals surface area (Å²) >= 11 is 0. The van der Waals surface area contributed by atoms with Crippen LogP contribution in [0, 0.1) is 12.4 Å². The van der Waals surface area contributed by atoms with Gasteiger partial charge in [0, 0.05) is 55.4 Å². The quantitative estimate of drug-likeness (QED) is 0.104. The zero-order chi connectivity index (χ0) is 33.3. The van der Waals surface area contributed by atoms with Gasteiger partial charge in [-0.15, -0.1) is 17.5 Å². The Morgan fingerprint density at radius 1 is 0.911 bits per heavy atom. The van der Waals surface area contributed by atoms with E-state index in [9.17, 15) is 0 Å². The molecule has 0 unspecified atom stereocenters. The van der Waals surface area contributed by atoms with E-state index >= 15 is 0 Å². The number of aryl methyl sites for hydroxylation is 1. The van der Waals surface area contributed by atoms with Crippen LogP contribution in [0.25, 0.3) is 43.9 Å². The Balaban J connectivity index is 0.00000401. The summed E-state index contributed by atoms with van der Waals surface area (Å²) in [6.45, 7) is 9.94. The van der Waals surface area contributed by atoms with Crippen LogP contribution in [-0.4, -0.2) is 21.0 Å². The third kappa shape index (κ3) is 5.63. The Bertz CT molecular complexity index is 2240. The molecule has 0 saturated carbocycles. The first-order chi connectivity index (χ1) is 22.2. The molecule has 3 aromatic heterocycles. The fourth-order valence-corrected chi connectivity index (χ4v) is 5.74. The van der Waals surface area contributed by atoms with Crippen molar-refractivity contribution in [2.24, 2.45) is 6.98 Å². The molecule has 4 heterocycles. The van der Waals surface area contributed by atoms with Gasteiger partial charge in [-0.3, -0.25) is 0 Å². The van der Waals surface area contributed by atoms with Crippen LogP contribution in [0.5, 0.6) is 5.75 Å². The molecule has 0 aliphatic carbocycles. The van der Waals surface area contributed by atoms with Crippen molar-refractivity contribution in [3.05, 3.63) is 126 Å². The maximum absolute atomic E-state index is 8.18. The molecule has 1 aliphatic rings. The summed E-state index contributed by atoms with van der Waals surface area (Å²) in [5, 5.41) is 7.00. The molecule has 6 aromatic rings. The van der Waals surface area contributed by atoms with E-state index in [2.05, 4.69) is 82.8 Å². The summed E-state index contributed by atoms with van der Waals surface area (Å²) in [5.74, 6) is 3.59. The predicted molar refractivity (Wildman–Crippen MR) is 179 cm³/mol. The van der Waals surface area contributed by atoms with E-state index in [1.54, 1.807) is 10.6 Å². The molecule has 6 nitrogen and oxygen atoms in total. The second kappa shape index (κ2) is 11.4. The number of hydrogen-bond donors (Lipinski definition) is 0. The van der Waals surface area contributed by atoms with Crippen molar-refractivity contribution < 1.29 is 34.5 Å². The molecular formula is C37H36BN5OPt-2. The van der Waals surface area contributed by atoms with Gasteiger partial charge in [-0.25, -0.2) is 4.98 Å². The van der Waals surface area contributed by atoms with Crippen LogP contribution in [0.3, 0.4) is 0 Å². The third-order valence-electron chi connectivity index (χ3n) is 8.21. The van der Waals surface area contributed by atoms with Gasteiger partial charge < -0.3 is 23.6 Å². The number of fused-ring (bicyclic) bond motifs is 4. The summed E-state index contributed by atoms with van der Waals surface area (Å²) < 4.78 is 36.0. The standard InChI is InChI=1S/C37H36BN5O.Pt/c1-36(2,3)25-14-17-31-33(21-25)41(7)24-42(31)38-19-10-13-35(40-38)44-27-15-16-29-28-11-8-9-12-30(28)43(32(29)23-27)34-22-26(18-20-39-34)37(4,5)6;/h8-22H,1-7H3;/q-2;/i7D3;. The van der Waals surface area contributed by atoms with E-state index in [1.165, 1.54) is 10.1 Å². The summed E-state index contributed by atoms with van der Waals surface area (Å²) in [5.41, 5.74) is 5.23. The number of benzene rings is 3. The normalized spacial score (nSPS) is 14.9. The zero-order valence-electron chi connectivity index (χ0n) is 29.2. The average molecular weight is 776 g/mol. The number of imidazole rings is 1. The summed E-state index contributed by atoms with van der Waals surface area (Å²) in [6, 6.07) is 25.8. The molecule has 7 rings (SSSR count). The van der Waals surface area contributed by atoms with Crippen LogP contribution in [-0.2, 0) is 38.9 Å². The predicted octanol–water partition coefficient (Wildman–Crippen LogP) is 7.89. The minimum absolute atomic E-state index is 0. The molecule has 0 bridgehead atoms. The number of para-hydroxylation sites is 1. The van der Waals surface area contributed by atoms with Gasteiger partial charge >= 0.3 is 0 Å². The first kappa shape index (κ1) is 27.2. The SMILES string of the molecule is [2H]C([2H])([2H])[n+]1[c-]n(B2C=CC=C(Oc3[c-]c4c(cc3)c3ccccc3n4-c3cc(C(C)(C)C)ccn3)[N-]2)c2ccc(C(C)(C)C)cc21.[Pt]. The molecule has 3 aromatic carbocycles. The first-order valence-corrected chi connectivity index (χ1v) is 14.9. The van der Waals surface area contributed by atoms with Crippen molar-refractivity contribution in [2.45, 2.75) is 52.4 Å². The topological polar surface area (TPSA) is 50.0 Å². The van der Waals surface area contributed by atoms with Crippen LogP contribution in [0.1, 0.15) is 56.8 Å². The monoisotopic (exact) mass is 775 g/mol. The van der Waals surface area contributed by atoms with Crippen molar-refractivity contribution in [3.63, 3.8) is 0 Å². The Morgan fingerprint density at radius 2 is 1.69 bits per heavy atom. The van der Waals surface area contributed by atoms with Gasteiger partial charge in [0.2, 0.25) is 0 Å². The minimum Gasteiger partial charge on any atom is -0.633 e. The molecule has 0 spiro atoms. The fraction of sp³-hybridized carbons (Fsp3) is 0.243. The van der Waals surface area contributed by atoms with Crippen LogP contribution >= 0.6 is 0 Å². The van der Waals surface area contributed by atoms with Crippen molar-refractivity contribution in [1.82, 2.24) is 14.0 Å². The number of aromatic nitrogens is 4. The summed E-state index contributed by atoms with van der Waals surface area (Å²) in [4.78, 5) is 4.76. The van der Waals surface area contributed by atoms with Crippen molar-refractivity contribution in [3.8, 4) is 11.6 Å². The van der Waals surface area contributed by atoms with Crippen molar-refractivity contribution in [1.29, 1.82) is 0 Å². The number of ether oxygens (including phenoxy) is 1. The van der Waals surface area contributed by atoms with Gasteiger partial charge in [0.15, 0.2) is 6.33 Å². The smallest absolute Gasteiger partial charge is 0.279 e. The van der Waals surface area contributed by atoms with Crippen molar-refractivity contribution >= 4 is 39.8 Å². The van der Waals surface area contributed by atoms with E-state index in [-0.39, 0.29) is 31.9 Å². The zero-order valence-corrected chi connectivity index (χ0v) is 28.5. The van der Waals surface area contributed by atoms with Crippen molar-refractivity contribution in [2.75, 3.05) is 0 Å². The minimum atomic E-state index is -2.41. The summed E-state index contributed by atoms with van der Waals surface area (Å²) in [7, 11) is 0. The second-order valence-corrected chi connectivity index (χ2v) is 13.4. The molecular weight excluding hydrogens is 736 g/mol. The third-order valence-corrected chi connectivity index (χ3v) is 8.21. The van der Waals surface area contributed by atoms with Gasteiger partial charge in [0.25, 0.3) is 6.98 Å². The Labute approximate surface area is 284 Å². The number of allylic oxidation sites excluding steroid dienone is 2. The molecule has 0 saturated heterocycles. The average Bonchev–Trinajstić information content (AvgIpc) is 3.56. The second-order valence-electron chi connectivity index (χ2n) is 13.4. The van der Waals surface area contributed by atoms with Crippen LogP contribution in [0.2, 0.25) is 0 Å². The van der Waals surface area contributed by atoms with Gasteiger partial charge in [0.05, 0.1) is 11.1 Å². The Kier molecular flexibility index (Phi) is 6.88. The van der Waals surface area contributed by atoms with E-state index in [0.717, 1.165) is 38.7 Å². The fourth-order valence-electron chi connectivity index (χ4n) is 5.74. The molecule has 0 fully saturated rings. The maximum atomic E-state index is 8.18. The number of rotatable bonds is 4. The van der Waals surface area contributed by atoms with Gasteiger partial charge in [-0.05, 0) is 46.1 Å². The first-order valence-electron chi connectivity index (χ1n) is 16.4. The molecule has 0 N–H and O–H groups in total. The molecule has 230 valence electrons. The Hall–Kier alpha value is -4.09. The summed E-state index contributed by atoms with van der Waals surface area (Å²) in [6.07, 6.45) is 8.58. The Morgan fingerprint density at radius 3 is 2.47 bits per heavy atom. The van der Waals surface area contributed by atoms with Crippen LogP contribution in [0.4, 0.5) is 0 Å². The maximum Gasteiger partial charge on any atom is 0.279 e. The number of nitrogens with zero attached hydrogens (tertiary/aromatic N) is 5. The molecule has 45 heavy (non-hydrogen) atoms. The molecule has 8 heteroatoms. The van der Waals surface area contributed by atoms with E-state index in [1.807, 2.05) is 60.7 Å². The van der Waals surface area contributed by atoms with E-state index < -0.39 is 14.0 Å². The van der Waals surface area contributed by atoms with Gasteiger partial charge in [0.1, 0.15) is 5.82 Å². The van der Waals surface area contributed by atoms with Gasteiger partial charge in [-0.2, -0.15) is 6.07 Å².